The van der Waals surface area contributed by atoms with E-state index in [2.05, 4.69) is 15.3 Å². The van der Waals surface area contributed by atoms with Gasteiger partial charge in [0.25, 0.3) is 0 Å². The van der Waals surface area contributed by atoms with E-state index >= 15 is 0 Å². The maximum absolute atomic E-state index is 13.1. The summed E-state index contributed by atoms with van der Waals surface area (Å²) in [5, 5.41) is 3.48. The lowest BCUT2D eigenvalue weighted by molar-refractivity contribution is 0.619. The molecule has 88 valence electrons. The van der Waals surface area contributed by atoms with E-state index in [1.165, 1.54) is 12.4 Å². The minimum Gasteiger partial charge on any atom is -0.340 e. The molecule has 1 heterocycles. The fourth-order valence-corrected chi connectivity index (χ4v) is 1.55. The molecule has 0 spiro atoms. The van der Waals surface area contributed by atoms with E-state index in [0.29, 0.717) is 16.5 Å². The van der Waals surface area contributed by atoms with Crippen LogP contribution in [-0.2, 0) is 0 Å². The van der Waals surface area contributed by atoms with Gasteiger partial charge in [-0.3, -0.25) is 0 Å². The molecule has 0 amide bonds. The molecule has 0 saturated carbocycles. The number of nitrogens with one attached hydrogen (secondary N) is 1. The Morgan fingerprint density at radius 2 is 2.00 bits per heavy atom. The predicted octanol–water partition coefficient (Wildman–Crippen LogP) is 3.63. The second-order valence-electron chi connectivity index (χ2n) is 3.73. The van der Waals surface area contributed by atoms with Gasteiger partial charge >= 0.3 is 0 Å². The second-order valence-corrected chi connectivity index (χ2v) is 4.09. The minimum atomic E-state index is -0.229. The standard InChI is InChI=1S/C12H11ClFN3/c1-7-5-9(3-4-10(7)14)17-12-8(2)11(13)15-6-16-12/h3-6H,1-2H3,(H,15,16,17). The van der Waals surface area contributed by atoms with Crippen LogP contribution in [0.25, 0.3) is 0 Å². The molecule has 5 heteroatoms. The molecule has 0 saturated heterocycles. The van der Waals surface area contributed by atoms with Gasteiger partial charge in [0.05, 0.1) is 0 Å². The Morgan fingerprint density at radius 1 is 1.24 bits per heavy atom. The zero-order valence-corrected chi connectivity index (χ0v) is 10.2. The lowest BCUT2D eigenvalue weighted by Gasteiger charge is -2.09. The first-order valence-corrected chi connectivity index (χ1v) is 5.46. The third kappa shape index (κ3) is 2.53. The largest absolute Gasteiger partial charge is 0.340 e. The Labute approximate surface area is 104 Å². The third-order valence-electron chi connectivity index (χ3n) is 2.44. The maximum atomic E-state index is 13.1. The van der Waals surface area contributed by atoms with Crippen molar-refractivity contribution >= 4 is 23.1 Å². The zero-order valence-electron chi connectivity index (χ0n) is 9.46. The number of aromatic nitrogens is 2. The van der Waals surface area contributed by atoms with Crippen LogP contribution >= 0.6 is 11.6 Å². The van der Waals surface area contributed by atoms with Crippen molar-refractivity contribution in [1.29, 1.82) is 0 Å². The molecular weight excluding hydrogens is 241 g/mol. The van der Waals surface area contributed by atoms with Gasteiger partial charge in [-0.2, -0.15) is 0 Å². The van der Waals surface area contributed by atoms with Crippen LogP contribution in [0.2, 0.25) is 5.15 Å². The number of hydrogen-bond donors (Lipinski definition) is 1. The first-order valence-electron chi connectivity index (χ1n) is 5.08. The van der Waals surface area contributed by atoms with E-state index in [4.69, 9.17) is 11.6 Å². The fraction of sp³-hybridized carbons (Fsp3) is 0.167. The van der Waals surface area contributed by atoms with E-state index in [-0.39, 0.29) is 5.82 Å². The highest BCUT2D eigenvalue weighted by Gasteiger charge is 2.06. The number of nitrogens with zero attached hydrogens (tertiary/aromatic N) is 2. The van der Waals surface area contributed by atoms with Gasteiger partial charge in [0.1, 0.15) is 23.1 Å². The summed E-state index contributed by atoms with van der Waals surface area (Å²) in [5.41, 5.74) is 2.10. The van der Waals surface area contributed by atoms with Crippen LogP contribution in [0, 0.1) is 19.7 Å². The van der Waals surface area contributed by atoms with Gasteiger partial charge in [-0.1, -0.05) is 11.6 Å². The molecule has 2 rings (SSSR count). The summed E-state index contributed by atoms with van der Waals surface area (Å²) in [6.45, 7) is 3.53. The topological polar surface area (TPSA) is 37.8 Å². The Kier molecular flexibility index (Phi) is 3.24. The van der Waals surface area contributed by atoms with E-state index in [0.717, 1.165) is 11.3 Å². The van der Waals surface area contributed by atoms with Crippen molar-refractivity contribution in [1.82, 2.24) is 9.97 Å². The molecule has 0 radical (unpaired) electrons. The Morgan fingerprint density at radius 3 is 2.71 bits per heavy atom. The molecule has 1 N–H and O–H groups in total. The highest BCUT2D eigenvalue weighted by atomic mass is 35.5. The Bertz CT molecular complexity index is 557. The molecule has 0 bridgehead atoms. The van der Waals surface area contributed by atoms with Crippen LogP contribution in [0.1, 0.15) is 11.1 Å². The van der Waals surface area contributed by atoms with Crippen molar-refractivity contribution < 1.29 is 4.39 Å². The van der Waals surface area contributed by atoms with E-state index in [1.54, 1.807) is 19.1 Å². The smallest absolute Gasteiger partial charge is 0.138 e. The van der Waals surface area contributed by atoms with Crippen LogP contribution in [0.3, 0.4) is 0 Å². The molecule has 0 aliphatic rings. The van der Waals surface area contributed by atoms with Gasteiger partial charge in [0, 0.05) is 11.3 Å². The van der Waals surface area contributed by atoms with Crippen LogP contribution in [-0.4, -0.2) is 9.97 Å². The summed E-state index contributed by atoms with van der Waals surface area (Å²) >= 11 is 5.89. The lowest BCUT2D eigenvalue weighted by Crippen LogP contribution is -1.98. The number of halogens is 2. The van der Waals surface area contributed by atoms with Crippen molar-refractivity contribution in [3.05, 3.63) is 46.6 Å². The molecule has 0 atom stereocenters. The molecule has 0 unspecified atom stereocenters. The monoisotopic (exact) mass is 251 g/mol. The third-order valence-corrected chi connectivity index (χ3v) is 2.82. The summed E-state index contributed by atoms with van der Waals surface area (Å²) in [6.07, 6.45) is 1.38. The summed E-state index contributed by atoms with van der Waals surface area (Å²) in [4.78, 5) is 7.95. The van der Waals surface area contributed by atoms with E-state index in [9.17, 15) is 4.39 Å². The summed E-state index contributed by atoms with van der Waals surface area (Å²) in [7, 11) is 0. The quantitative estimate of drug-likeness (QED) is 0.829. The zero-order chi connectivity index (χ0) is 12.4. The fourth-order valence-electron chi connectivity index (χ4n) is 1.41. The first kappa shape index (κ1) is 11.8. The Balaban J connectivity index is 2.31. The second kappa shape index (κ2) is 4.67. The number of benzene rings is 1. The van der Waals surface area contributed by atoms with Gasteiger partial charge < -0.3 is 5.32 Å². The molecule has 1 aromatic heterocycles. The van der Waals surface area contributed by atoms with Crippen LogP contribution < -0.4 is 5.32 Å². The van der Waals surface area contributed by atoms with E-state index < -0.39 is 0 Å². The molecule has 1 aromatic carbocycles. The molecule has 2 aromatic rings. The molecule has 17 heavy (non-hydrogen) atoms. The van der Waals surface area contributed by atoms with Crippen molar-refractivity contribution in [2.45, 2.75) is 13.8 Å². The normalized spacial score (nSPS) is 10.4. The molecule has 0 aliphatic carbocycles. The molecular formula is C12H11ClFN3. The van der Waals surface area contributed by atoms with Crippen molar-refractivity contribution in [3.63, 3.8) is 0 Å². The number of rotatable bonds is 2. The average Bonchev–Trinajstić information content (AvgIpc) is 2.30. The van der Waals surface area contributed by atoms with Crippen LogP contribution in [0.15, 0.2) is 24.5 Å². The SMILES string of the molecule is Cc1cc(Nc2ncnc(Cl)c2C)ccc1F. The van der Waals surface area contributed by atoms with Gasteiger partial charge in [0.2, 0.25) is 0 Å². The minimum absolute atomic E-state index is 0.229. The molecule has 0 aliphatic heterocycles. The van der Waals surface area contributed by atoms with Crippen molar-refractivity contribution in [2.24, 2.45) is 0 Å². The first-order chi connectivity index (χ1) is 8.08. The van der Waals surface area contributed by atoms with Crippen molar-refractivity contribution in [3.8, 4) is 0 Å². The number of aryl methyl sites for hydroxylation is 1. The predicted molar refractivity (Wildman–Crippen MR) is 66.2 cm³/mol. The summed E-state index contributed by atoms with van der Waals surface area (Å²) in [5.74, 6) is 0.393. The van der Waals surface area contributed by atoms with Crippen LogP contribution in [0.4, 0.5) is 15.9 Å². The lowest BCUT2D eigenvalue weighted by atomic mass is 10.2. The summed E-state index contributed by atoms with van der Waals surface area (Å²) < 4.78 is 13.1. The van der Waals surface area contributed by atoms with Crippen molar-refractivity contribution in [2.75, 3.05) is 5.32 Å². The number of anilines is 2. The van der Waals surface area contributed by atoms with Gasteiger partial charge in [-0.05, 0) is 37.6 Å². The highest BCUT2D eigenvalue weighted by molar-refractivity contribution is 6.30. The van der Waals surface area contributed by atoms with Gasteiger partial charge in [0.15, 0.2) is 0 Å². The number of hydrogen-bond acceptors (Lipinski definition) is 3. The van der Waals surface area contributed by atoms with Gasteiger partial charge in [-0.15, -0.1) is 0 Å². The Hall–Kier alpha value is -1.68. The highest BCUT2D eigenvalue weighted by Crippen LogP contribution is 2.23. The van der Waals surface area contributed by atoms with Gasteiger partial charge in [-0.25, -0.2) is 14.4 Å². The molecule has 0 fully saturated rings. The molecule has 3 nitrogen and oxygen atoms in total. The maximum Gasteiger partial charge on any atom is 0.138 e. The van der Waals surface area contributed by atoms with Crippen LogP contribution in [0.5, 0.6) is 0 Å². The summed E-state index contributed by atoms with van der Waals surface area (Å²) in [6, 6.07) is 4.78. The average molecular weight is 252 g/mol. The van der Waals surface area contributed by atoms with E-state index in [1.807, 2.05) is 6.92 Å².